The molecule has 1 amide bonds. The normalized spacial score (nSPS) is 31.6. The number of likely N-dealkylation sites (tertiary alicyclic amines) is 1. The summed E-state index contributed by atoms with van der Waals surface area (Å²) in [4.78, 5) is 22.4. The summed E-state index contributed by atoms with van der Waals surface area (Å²) in [5, 5.41) is 0. The number of nitrogens with zero attached hydrogens (tertiary/aromatic N) is 3. The second-order valence-electron chi connectivity index (χ2n) is 7.91. The highest BCUT2D eigenvalue weighted by molar-refractivity contribution is 5.93. The van der Waals surface area contributed by atoms with Crippen LogP contribution >= 0.6 is 0 Å². The molecular weight excluding hydrogens is 338 g/mol. The fourth-order valence-electron chi connectivity index (χ4n) is 5.46. The van der Waals surface area contributed by atoms with Gasteiger partial charge in [-0.1, -0.05) is 18.2 Å². The third-order valence-corrected chi connectivity index (χ3v) is 6.66. The molecule has 1 aromatic carbocycles. The van der Waals surface area contributed by atoms with Crippen LogP contribution in [0.2, 0.25) is 0 Å². The molecule has 4 aliphatic heterocycles. The van der Waals surface area contributed by atoms with E-state index in [0.717, 1.165) is 25.4 Å². The molecule has 0 N–H and O–H groups in total. The van der Waals surface area contributed by atoms with E-state index in [1.54, 1.807) is 13.3 Å². The maximum absolute atomic E-state index is 13.3. The van der Waals surface area contributed by atoms with Crippen LogP contribution in [-0.2, 0) is 0 Å². The molecule has 4 fully saturated rings. The van der Waals surface area contributed by atoms with Crippen LogP contribution in [0.1, 0.15) is 34.8 Å². The zero-order valence-corrected chi connectivity index (χ0v) is 15.6. The maximum Gasteiger partial charge on any atom is 0.272 e. The van der Waals surface area contributed by atoms with Crippen molar-refractivity contribution in [2.24, 2.45) is 5.92 Å². The molecule has 0 aliphatic carbocycles. The predicted molar refractivity (Wildman–Crippen MR) is 103 cm³/mol. The molecule has 1 aromatic heterocycles. The zero-order chi connectivity index (χ0) is 18.4. The molecule has 5 heteroatoms. The number of carbonyl (C=O) groups is 1. The number of piperidine rings is 3. The first kappa shape index (κ1) is 16.8. The average molecular weight is 363 g/mol. The molecule has 0 unspecified atom stereocenters. The number of methoxy groups -OCH3 is 1. The van der Waals surface area contributed by atoms with Gasteiger partial charge in [0.05, 0.1) is 13.2 Å². The molecule has 0 radical (unpaired) electrons. The van der Waals surface area contributed by atoms with Crippen LogP contribution in [0.3, 0.4) is 0 Å². The Hall–Kier alpha value is -2.40. The molecule has 27 heavy (non-hydrogen) atoms. The fourth-order valence-corrected chi connectivity index (χ4v) is 5.46. The standard InChI is InChI=1S/C22H25N3O2/c1-27-17-6-4-5-16(13-17)18-14-25(22(26)19-7-2-3-10-23-19)20-15-8-11-24(12-9-15)21(18)20/h2-7,10,13,15,18,20-21H,8-9,11-12,14H2,1H3/t18-,20-,21-/m1/s1. The topological polar surface area (TPSA) is 45.7 Å². The van der Waals surface area contributed by atoms with Crippen molar-refractivity contribution < 1.29 is 9.53 Å². The summed E-state index contributed by atoms with van der Waals surface area (Å²) in [6.45, 7) is 3.06. The van der Waals surface area contributed by atoms with Crippen molar-refractivity contribution in [3.05, 3.63) is 59.9 Å². The second kappa shape index (κ2) is 6.64. The zero-order valence-electron chi connectivity index (χ0n) is 15.6. The molecule has 5 nitrogen and oxygen atoms in total. The van der Waals surface area contributed by atoms with Gasteiger partial charge in [0.2, 0.25) is 0 Å². The van der Waals surface area contributed by atoms with Crippen LogP contribution in [0.25, 0.3) is 0 Å². The van der Waals surface area contributed by atoms with Crippen molar-refractivity contribution in [2.45, 2.75) is 30.8 Å². The molecule has 2 bridgehead atoms. The van der Waals surface area contributed by atoms with Gasteiger partial charge in [-0.2, -0.15) is 0 Å². The highest BCUT2D eigenvalue weighted by atomic mass is 16.5. The molecule has 0 spiro atoms. The number of amides is 1. The van der Waals surface area contributed by atoms with Crippen molar-refractivity contribution in [1.82, 2.24) is 14.8 Å². The summed E-state index contributed by atoms with van der Waals surface area (Å²) in [5.74, 6) is 1.88. The first-order valence-electron chi connectivity index (χ1n) is 9.86. The van der Waals surface area contributed by atoms with Gasteiger partial charge < -0.3 is 9.64 Å². The van der Waals surface area contributed by atoms with Crippen LogP contribution in [0, 0.1) is 5.92 Å². The minimum Gasteiger partial charge on any atom is -0.497 e. The number of rotatable bonds is 3. The monoisotopic (exact) mass is 363 g/mol. The lowest BCUT2D eigenvalue weighted by Gasteiger charge is -2.51. The SMILES string of the molecule is COc1cccc([C@H]2CN(C(=O)c3ccccn3)[C@@H]3C4CCN(CC4)[C@H]23)c1. The number of benzene rings is 1. The Bertz CT molecular complexity index is 832. The number of carbonyl (C=O) groups excluding carboxylic acids is 1. The van der Waals surface area contributed by atoms with Gasteiger partial charge in [0.15, 0.2) is 0 Å². The molecule has 3 atom stereocenters. The number of ether oxygens (including phenoxy) is 1. The van der Waals surface area contributed by atoms with E-state index >= 15 is 0 Å². The molecule has 4 aliphatic rings. The first-order chi connectivity index (χ1) is 13.3. The van der Waals surface area contributed by atoms with Crippen LogP contribution < -0.4 is 4.74 Å². The number of pyridine rings is 1. The quantitative estimate of drug-likeness (QED) is 0.841. The number of hydrogen-bond acceptors (Lipinski definition) is 4. The van der Waals surface area contributed by atoms with Gasteiger partial charge >= 0.3 is 0 Å². The van der Waals surface area contributed by atoms with E-state index in [0.29, 0.717) is 29.6 Å². The van der Waals surface area contributed by atoms with Gasteiger partial charge in [0.1, 0.15) is 11.4 Å². The average Bonchev–Trinajstić information content (AvgIpc) is 3.18. The van der Waals surface area contributed by atoms with Gasteiger partial charge in [0.25, 0.3) is 5.91 Å². The lowest BCUT2D eigenvalue weighted by Crippen LogP contribution is -2.60. The number of fused-ring (bicyclic) bond motifs is 2. The van der Waals surface area contributed by atoms with Crippen LogP contribution in [-0.4, -0.2) is 59.5 Å². The lowest BCUT2D eigenvalue weighted by molar-refractivity contribution is -0.00359. The first-order valence-corrected chi connectivity index (χ1v) is 9.86. The molecule has 6 rings (SSSR count). The Morgan fingerprint density at radius 3 is 2.70 bits per heavy atom. The van der Waals surface area contributed by atoms with E-state index in [1.807, 2.05) is 24.3 Å². The molecule has 4 saturated heterocycles. The highest BCUT2D eigenvalue weighted by Crippen LogP contribution is 2.47. The van der Waals surface area contributed by atoms with Crippen molar-refractivity contribution in [3.63, 3.8) is 0 Å². The van der Waals surface area contributed by atoms with Crippen molar-refractivity contribution in [1.29, 1.82) is 0 Å². The third kappa shape index (κ3) is 2.72. The largest absolute Gasteiger partial charge is 0.497 e. The summed E-state index contributed by atoms with van der Waals surface area (Å²) >= 11 is 0. The van der Waals surface area contributed by atoms with E-state index in [4.69, 9.17) is 4.74 Å². The van der Waals surface area contributed by atoms with E-state index in [2.05, 4.69) is 33.0 Å². The summed E-state index contributed by atoms with van der Waals surface area (Å²) in [7, 11) is 1.71. The molecular formula is C22H25N3O2. The van der Waals surface area contributed by atoms with Crippen molar-refractivity contribution in [3.8, 4) is 5.75 Å². The van der Waals surface area contributed by atoms with E-state index in [1.165, 1.54) is 18.4 Å². The van der Waals surface area contributed by atoms with Crippen LogP contribution in [0.4, 0.5) is 0 Å². The highest BCUT2D eigenvalue weighted by Gasteiger charge is 2.54. The van der Waals surface area contributed by atoms with Crippen molar-refractivity contribution in [2.75, 3.05) is 26.7 Å². The Balaban J connectivity index is 1.53. The third-order valence-electron chi connectivity index (χ3n) is 6.66. The lowest BCUT2D eigenvalue weighted by atomic mass is 9.75. The van der Waals surface area contributed by atoms with Crippen LogP contribution in [0.5, 0.6) is 5.75 Å². The summed E-state index contributed by atoms with van der Waals surface area (Å²) < 4.78 is 5.45. The number of hydrogen-bond donors (Lipinski definition) is 0. The second-order valence-corrected chi connectivity index (χ2v) is 7.91. The van der Waals surface area contributed by atoms with Gasteiger partial charge in [-0.3, -0.25) is 14.7 Å². The molecule has 2 aromatic rings. The Morgan fingerprint density at radius 1 is 1.11 bits per heavy atom. The minimum atomic E-state index is 0.0738. The molecule has 0 saturated carbocycles. The van der Waals surface area contributed by atoms with E-state index < -0.39 is 0 Å². The van der Waals surface area contributed by atoms with Gasteiger partial charge in [-0.25, -0.2) is 0 Å². The van der Waals surface area contributed by atoms with Gasteiger partial charge in [-0.05, 0) is 61.7 Å². The Morgan fingerprint density at radius 2 is 1.96 bits per heavy atom. The minimum absolute atomic E-state index is 0.0738. The fraction of sp³-hybridized carbons (Fsp3) is 0.455. The summed E-state index contributed by atoms with van der Waals surface area (Å²) in [6, 6.07) is 14.6. The predicted octanol–water partition coefficient (Wildman–Crippen LogP) is 2.79. The summed E-state index contributed by atoms with van der Waals surface area (Å²) in [6.07, 6.45) is 4.09. The van der Waals surface area contributed by atoms with Gasteiger partial charge in [-0.15, -0.1) is 0 Å². The Labute approximate surface area is 159 Å². The van der Waals surface area contributed by atoms with Crippen LogP contribution in [0.15, 0.2) is 48.7 Å². The summed E-state index contributed by atoms with van der Waals surface area (Å²) in [5.41, 5.74) is 1.83. The van der Waals surface area contributed by atoms with E-state index in [9.17, 15) is 4.79 Å². The van der Waals surface area contributed by atoms with E-state index in [-0.39, 0.29) is 5.91 Å². The van der Waals surface area contributed by atoms with Crippen molar-refractivity contribution >= 4 is 5.91 Å². The number of aromatic nitrogens is 1. The smallest absolute Gasteiger partial charge is 0.272 e. The Kier molecular flexibility index (Phi) is 4.12. The van der Waals surface area contributed by atoms with Gasteiger partial charge in [0, 0.05) is 24.7 Å². The maximum atomic E-state index is 13.3. The molecule has 5 heterocycles. The molecule has 140 valence electrons.